The molecule has 206 valence electrons. The van der Waals surface area contributed by atoms with Crippen LogP contribution in [-0.2, 0) is 0 Å². The summed E-state index contributed by atoms with van der Waals surface area (Å²) >= 11 is 0. The number of pyridine rings is 2. The van der Waals surface area contributed by atoms with Crippen LogP contribution in [0.1, 0.15) is 26.7 Å². The zero-order valence-electron chi connectivity index (χ0n) is 23.0. The van der Waals surface area contributed by atoms with Gasteiger partial charge >= 0.3 is 0 Å². The fourth-order valence-corrected chi connectivity index (χ4v) is 3.89. The average molecular weight is 547 g/mol. The molecule has 0 N–H and O–H groups in total. The maximum Gasteiger partial charge on any atom is 0.174 e. The third kappa shape index (κ3) is 7.27. The average Bonchev–Trinajstić information content (AvgIpc) is 3.51. The first-order valence-electron chi connectivity index (χ1n) is 13.5. The van der Waals surface area contributed by atoms with Gasteiger partial charge in [0.25, 0.3) is 0 Å². The number of hydrogen-bond acceptors (Lipinski definition) is 9. The molecule has 0 aliphatic heterocycles. The predicted octanol–water partition coefficient (Wildman–Crippen LogP) is 9.81. The number of aromatic nitrogens is 2. The van der Waals surface area contributed by atoms with Gasteiger partial charge in [0.2, 0.25) is 0 Å². The summed E-state index contributed by atoms with van der Waals surface area (Å²) in [7, 11) is 0. The van der Waals surface area contributed by atoms with Crippen LogP contribution in [0.4, 0.5) is 23.0 Å². The van der Waals surface area contributed by atoms with Gasteiger partial charge in [-0.15, -0.1) is 20.5 Å². The lowest BCUT2D eigenvalue weighted by molar-refractivity contribution is 0.317. The molecule has 0 atom stereocenters. The highest BCUT2D eigenvalue weighted by molar-refractivity contribution is 5.74. The number of furan rings is 1. The molecule has 0 radical (unpaired) electrons. The van der Waals surface area contributed by atoms with Crippen LogP contribution in [0, 0.1) is 0 Å². The molecule has 0 bridgehead atoms. The van der Waals surface area contributed by atoms with Crippen molar-refractivity contribution >= 4 is 23.0 Å². The van der Waals surface area contributed by atoms with Crippen LogP contribution in [0.3, 0.4) is 0 Å². The summed E-state index contributed by atoms with van der Waals surface area (Å²) in [4.78, 5) is 8.37. The summed E-state index contributed by atoms with van der Waals surface area (Å²) in [5.74, 6) is 3.73. The number of hydrogen-bond donors (Lipinski definition) is 0. The van der Waals surface area contributed by atoms with Gasteiger partial charge in [0.15, 0.2) is 11.6 Å². The second kappa shape index (κ2) is 13.7. The first kappa shape index (κ1) is 27.4. The second-order valence-corrected chi connectivity index (χ2v) is 9.00. The maximum atomic E-state index is 6.35. The highest BCUT2D eigenvalue weighted by Gasteiger charge is 2.16. The van der Waals surface area contributed by atoms with Gasteiger partial charge < -0.3 is 13.9 Å². The van der Waals surface area contributed by atoms with Crippen molar-refractivity contribution in [2.45, 2.75) is 26.7 Å². The molecular formula is C32H30N6O3. The zero-order valence-corrected chi connectivity index (χ0v) is 23.0. The van der Waals surface area contributed by atoms with Crippen molar-refractivity contribution in [2.24, 2.45) is 20.5 Å². The third-order valence-corrected chi connectivity index (χ3v) is 5.83. The van der Waals surface area contributed by atoms with Crippen molar-refractivity contribution in [3.05, 3.63) is 97.3 Å². The van der Waals surface area contributed by atoms with Crippen molar-refractivity contribution in [1.29, 1.82) is 0 Å². The smallest absolute Gasteiger partial charge is 0.174 e. The summed E-state index contributed by atoms with van der Waals surface area (Å²) in [5.41, 5.74) is 2.95. The van der Waals surface area contributed by atoms with E-state index in [1.54, 1.807) is 24.5 Å². The predicted molar refractivity (Wildman–Crippen MR) is 158 cm³/mol. The second-order valence-electron chi connectivity index (χ2n) is 9.00. The number of benzene rings is 2. The SMILES string of the molecule is CCCOc1cc(N=Nc2ccccn2)ccc1-c1ccc(-c2ccc(N=Nc3ccccn3)cc2OCCC)o1. The van der Waals surface area contributed by atoms with E-state index in [2.05, 4.69) is 44.3 Å². The van der Waals surface area contributed by atoms with E-state index in [0.717, 1.165) is 24.0 Å². The van der Waals surface area contributed by atoms with Crippen molar-refractivity contribution in [1.82, 2.24) is 9.97 Å². The molecule has 5 aromatic rings. The molecule has 0 aliphatic carbocycles. The molecule has 5 rings (SSSR count). The maximum absolute atomic E-state index is 6.35. The summed E-state index contributed by atoms with van der Waals surface area (Å²) in [6.45, 7) is 5.25. The number of azo groups is 2. The molecule has 41 heavy (non-hydrogen) atoms. The Labute approximate surface area is 238 Å². The molecule has 3 heterocycles. The fraction of sp³-hybridized carbons (Fsp3) is 0.188. The summed E-state index contributed by atoms with van der Waals surface area (Å²) < 4.78 is 18.5. The fourth-order valence-electron chi connectivity index (χ4n) is 3.89. The Morgan fingerprint density at radius 3 is 1.49 bits per heavy atom. The minimum Gasteiger partial charge on any atom is -0.493 e. The Kier molecular flexibility index (Phi) is 9.19. The van der Waals surface area contributed by atoms with Gasteiger partial charge in [0.05, 0.1) is 35.7 Å². The van der Waals surface area contributed by atoms with E-state index in [-0.39, 0.29) is 0 Å². The Balaban J connectivity index is 1.43. The molecular weight excluding hydrogens is 516 g/mol. The van der Waals surface area contributed by atoms with Crippen molar-refractivity contribution in [3.8, 4) is 34.1 Å². The van der Waals surface area contributed by atoms with Gasteiger partial charge in [-0.3, -0.25) is 0 Å². The zero-order chi connectivity index (χ0) is 28.3. The van der Waals surface area contributed by atoms with Crippen molar-refractivity contribution in [2.75, 3.05) is 13.2 Å². The lowest BCUT2D eigenvalue weighted by atomic mass is 10.1. The Morgan fingerprint density at radius 1 is 0.585 bits per heavy atom. The molecule has 0 aliphatic rings. The van der Waals surface area contributed by atoms with E-state index in [1.165, 1.54) is 0 Å². The van der Waals surface area contributed by atoms with E-state index in [0.29, 0.717) is 59.2 Å². The molecule has 0 saturated carbocycles. The Bertz CT molecular complexity index is 1500. The highest BCUT2D eigenvalue weighted by Crippen LogP contribution is 2.40. The van der Waals surface area contributed by atoms with Gasteiger partial charge in [0, 0.05) is 24.5 Å². The van der Waals surface area contributed by atoms with Crippen molar-refractivity contribution < 1.29 is 13.9 Å². The Hall–Kier alpha value is -5.18. The summed E-state index contributed by atoms with van der Waals surface area (Å²) in [6.07, 6.45) is 5.09. The molecule has 0 amide bonds. The number of rotatable bonds is 12. The molecule has 9 heteroatoms. The molecule has 0 unspecified atom stereocenters. The third-order valence-electron chi connectivity index (χ3n) is 5.83. The largest absolute Gasteiger partial charge is 0.493 e. The van der Waals surface area contributed by atoms with Gasteiger partial charge in [-0.1, -0.05) is 26.0 Å². The quantitative estimate of drug-likeness (QED) is 0.145. The lowest BCUT2D eigenvalue weighted by Crippen LogP contribution is -1.97. The van der Waals surface area contributed by atoms with Crippen LogP contribution in [-0.4, -0.2) is 23.2 Å². The van der Waals surface area contributed by atoms with Gasteiger partial charge in [0.1, 0.15) is 23.0 Å². The first-order valence-corrected chi connectivity index (χ1v) is 13.5. The van der Waals surface area contributed by atoms with Gasteiger partial charge in [-0.25, -0.2) is 9.97 Å². The first-order chi connectivity index (χ1) is 20.2. The number of ether oxygens (including phenoxy) is 2. The molecule has 0 saturated heterocycles. The van der Waals surface area contributed by atoms with Crippen molar-refractivity contribution in [3.63, 3.8) is 0 Å². The molecule has 0 fully saturated rings. The van der Waals surface area contributed by atoms with Crippen LogP contribution >= 0.6 is 0 Å². The van der Waals surface area contributed by atoms with Crippen LogP contribution in [0.5, 0.6) is 11.5 Å². The van der Waals surface area contributed by atoms with Gasteiger partial charge in [-0.2, -0.15) is 0 Å². The van der Waals surface area contributed by atoms with E-state index in [9.17, 15) is 0 Å². The topological polar surface area (TPSA) is 107 Å². The van der Waals surface area contributed by atoms with Gasteiger partial charge in [-0.05, 0) is 73.5 Å². The molecule has 9 nitrogen and oxygen atoms in total. The van der Waals surface area contributed by atoms with E-state index < -0.39 is 0 Å². The van der Waals surface area contributed by atoms with E-state index in [1.807, 2.05) is 72.8 Å². The monoisotopic (exact) mass is 546 g/mol. The summed E-state index contributed by atoms with van der Waals surface area (Å²) in [5, 5.41) is 17.1. The molecule has 2 aromatic carbocycles. The lowest BCUT2D eigenvalue weighted by Gasteiger charge is -2.11. The Morgan fingerprint density at radius 2 is 1.07 bits per heavy atom. The molecule has 3 aromatic heterocycles. The minimum atomic E-state index is 0.536. The normalized spacial score (nSPS) is 11.4. The minimum absolute atomic E-state index is 0.536. The van der Waals surface area contributed by atoms with Crippen LogP contribution < -0.4 is 9.47 Å². The standard InChI is InChI=1S/C32H30N6O3/c1-3-19-39-29-21-23(35-37-31-9-5-7-17-33-31)11-13-25(29)27-15-16-28(41-27)26-14-12-24(22-30(26)40-20-4-2)36-38-32-10-6-8-18-34-32/h5-18,21-22H,3-4,19-20H2,1-2H3. The number of nitrogens with zero attached hydrogens (tertiary/aromatic N) is 6. The molecule has 0 spiro atoms. The summed E-state index contributed by atoms with van der Waals surface area (Å²) in [6, 6.07) is 26.2. The van der Waals surface area contributed by atoms with Crippen LogP contribution in [0.15, 0.2) is 122 Å². The van der Waals surface area contributed by atoms with E-state index >= 15 is 0 Å². The van der Waals surface area contributed by atoms with Crippen LogP contribution in [0.25, 0.3) is 22.6 Å². The van der Waals surface area contributed by atoms with E-state index in [4.69, 9.17) is 13.9 Å². The van der Waals surface area contributed by atoms with Crippen LogP contribution in [0.2, 0.25) is 0 Å². The highest BCUT2D eigenvalue weighted by atomic mass is 16.5.